The van der Waals surface area contributed by atoms with Gasteiger partial charge in [0.15, 0.2) is 5.96 Å². The van der Waals surface area contributed by atoms with E-state index in [2.05, 4.69) is 48.2 Å². The first-order chi connectivity index (χ1) is 12.7. The van der Waals surface area contributed by atoms with Gasteiger partial charge in [-0.1, -0.05) is 12.1 Å². The Morgan fingerprint density at radius 3 is 2.96 bits per heavy atom. The van der Waals surface area contributed by atoms with Gasteiger partial charge in [-0.25, -0.2) is 4.98 Å². The fourth-order valence-corrected chi connectivity index (χ4v) is 3.68. The van der Waals surface area contributed by atoms with Gasteiger partial charge >= 0.3 is 0 Å². The van der Waals surface area contributed by atoms with Crippen LogP contribution in [0.15, 0.2) is 48.0 Å². The third-order valence-corrected chi connectivity index (χ3v) is 5.06. The number of fused-ring (bicyclic) bond motifs is 1. The lowest BCUT2D eigenvalue weighted by atomic mass is 10.0. The molecule has 1 N–H and O–H groups in total. The Hall–Kier alpha value is -2.10. The lowest BCUT2D eigenvalue weighted by molar-refractivity contribution is 0.482. The van der Waals surface area contributed by atoms with Crippen LogP contribution >= 0.6 is 24.0 Å². The van der Waals surface area contributed by atoms with Crippen LogP contribution in [-0.2, 0) is 13.6 Å². The molecule has 1 fully saturated rings. The summed E-state index contributed by atoms with van der Waals surface area (Å²) in [5.41, 5.74) is 3.52. The number of hydrogen-bond donors (Lipinski definition) is 1. The number of benzene rings is 1. The minimum Gasteiger partial charge on any atom is -0.354 e. The van der Waals surface area contributed by atoms with Crippen molar-refractivity contribution >= 4 is 41.0 Å². The molecule has 144 valence electrons. The number of para-hydroxylation sites is 2. The van der Waals surface area contributed by atoms with Gasteiger partial charge in [-0.15, -0.1) is 24.0 Å². The molecule has 1 unspecified atom stereocenters. The molecule has 0 aliphatic carbocycles. The molecule has 1 aliphatic heterocycles. The zero-order valence-corrected chi connectivity index (χ0v) is 18.1. The Balaban J connectivity index is 0.00000210. The van der Waals surface area contributed by atoms with Gasteiger partial charge < -0.3 is 14.8 Å². The van der Waals surface area contributed by atoms with Crippen molar-refractivity contribution in [3.05, 3.63) is 48.5 Å². The van der Waals surface area contributed by atoms with Crippen LogP contribution in [0.4, 0.5) is 0 Å². The lowest BCUT2D eigenvalue weighted by Crippen LogP contribution is -2.41. The smallest absolute Gasteiger partial charge is 0.193 e. The number of halogens is 1. The van der Waals surface area contributed by atoms with Crippen molar-refractivity contribution in [2.75, 3.05) is 26.7 Å². The van der Waals surface area contributed by atoms with E-state index in [9.17, 15) is 0 Å². The van der Waals surface area contributed by atoms with Crippen molar-refractivity contribution in [2.24, 2.45) is 12.0 Å². The highest BCUT2D eigenvalue weighted by Gasteiger charge is 2.26. The highest BCUT2D eigenvalue weighted by atomic mass is 127. The van der Waals surface area contributed by atoms with Gasteiger partial charge in [0, 0.05) is 52.4 Å². The molecule has 27 heavy (non-hydrogen) atoms. The predicted molar refractivity (Wildman–Crippen MR) is 119 cm³/mol. The Kier molecular flexibility index (Phi) is 6.35. The van der Waals surface area contributed by atoms with E-state index >= 15 is 0 Å². The van der Waals surface area contributed by atoms with Gasteiger partial charge in [0.1, 0.15) is 0 Å². The summed E-state index contributed by atoms with van der Waals surface area (Å²) in [6, 6.07) is 8.22. The number of rotatable bonds is 4. The van der Waals surface area contributed by atoms with E-state index in [0.29, 0.717) is 5.92 Å². The molecular weight excluding hydrogens is 453 g/mol. The Labute approximate surface area is 176 Å². The average Bonchev–Trinajstić information content (AvgIpc) is 3.38. The summed E-state index contributed by atoms with van der Waals surface area (Å²) in [7, 11) is 3.82. The molecule has 2 aromatic heterocycles. The Morgan fingerprint density at radius 2 is 2.19 bits per heavy atom. The number of nitrogens with zero attached hydrogens (tertiary/aromatic N) is 6. The SMILES string of the molecule is CN=C(NCCn1cnc2ccccc21)N1CCC(c2cnn(C)c2)C1.I. The lowest BCUT2D eigenvalue weighted by Gasteiger charge is -2.21. The molecule has 0 amide bonds. The molecule has 0 radical (unpaired) electrons. The van der Waals surface area contributed by atoms with Crippen LogP contribution in [0.3, 0.4) is 0 Å². The second-order valence-corrected chi connectivity index (χ2v) is 6.78. The maximum Gasteiger partial charge on any atom is 0.193 e. The molecule has 1 atom stereocenters. The summed E-state index contributed by atoms with van der Waals surface area (Å²) in [6.07, 6.45) is 7.14. The van der Waals surface area contributed by atoms with Crippen LogP contribution < -0.4 is 5.32 Å². The van der Waals surface area contributed by atoms with E-state index in [1.165, 1.54) is 11.1 Å². The molecule has 0 saturated carbocycles. The summed E-state index contributed by atoms with van der Waals surface area (Å²) >= 11 is 0. The van der Waals surface area contributed by atoms with E-state index < -0.39 is 0 Å². The molecule has 4 rings (SSSR count). The van der Waals surface area contributed by atoms with E-state index in [1.807, 2.05) is 43.4 Å². The number of aromatic nitrogens is 4. The van der Waals surface area contributed by atoms with Gasteiger partial charge in [0.2, 0.25) is 0 Å². The van der Waals surface area contributed by atoms with Crippen LogP contribution in [0.5, 0.6) is 0 Å². The highest BCUT2D eigenvalue weighted by molar-refractivity contribution is 14.0. The van der Waals surface area contributed by atoms with Gasteiger partial charge in [-0.2, -0.15) is 5.10 Å². The van der Waals surface area contributed by atoms with E-state index in [1.54, 1.807) is 0 Å². The van der Waals surface area contributed by atoms with Gasteiger partial charge in [-0.05, 0) is 24.1 Å². The summed E-state index contributed by atoms with van der Waals surface area (Å²) in [5, 5.41) is 7.80. The first-order valence-electron chi connectivity index (χ1n) is 9.08. The number of guanidine groups is 1. The van der Waals surface area contributed by atoms with Crippen LogP contribution in [-0.4, -0.2) is 56.9 Å². The second-order valence-electron chi connectivity index (χ2n) is 6.78. The molecule has 0 bridgehead atoms. The Morgan fingerprint density at radius 1 is 1.33 bits per heavy atom. The number of aliphatic imine (C=N–C) groups is 1. The summed E-state index contributed by atoms with van der Waals surface area (Å²) < 4.78 is 4.05. The quantitative estimate of drug-likeness (QED) is 0.355. The average molecular weight is 479 g/mol. The molecule has 0 spiro atoms. The van der Waals surface area contributed by atoms with Crippen LogP contribution in [0.1, 0.15) is 17.9 Å². The standard InChI is InChI=1S/C19H25N7.HI/c1-20-19(25-9-7-15(13-25)16-11-23-24(2)12-16)21-8-10-26-14-22-17-5-3-4-6-18(17)26;/h3-6,11-12,14-15H,7-10,13H2,1-2H3,(H,20,21);1H. The molecule has 1 aromatic carbocycles. The van der Waals surface area contributed by atoms with Gasteiger partial charge in [0.05, 0.1) is 23.6 Å². The van der Waals surface area contributed by atoms with Crippen LogP contribution in [0, 0.1) is 0 Å². The van der Waals surface area contributed by atoms with Crippen LogP contribution in [0.2, 0.25) is 0 Å². The minimum atomic E-state index is 0. The summed E-state index contributed by atoms with van der Waals surface area (Å²) in [6.45, 7) is 3.69. The molecule has 1 saturated heterocycles. The zero-order chi connectivity index (χ0) is 17.9. The van der Waals surface area contributed by atoms with Crippen molar-refractivity contribution in [1.82, 2.24) is 29.5 Å². The largest absolute Gasteiger partial charge is 0.354 e. The highest BCUT2D eigenvalue weighted by Crippen LogP contribution is 2.26. The van der Waals surface area contributed by atoms with Crippen molar-refractivity contribution in [2.45, 2.75) is 18.9 Å². The Bertz CT molecular complexity index is 914. The molecular formula is C19H26IN7. The third kappa shape index (κ3) is 4.26. The number of nitrogens with one attached hydrogen (secondary N) is 1. The minimum absolute atomic E-state index is 0. The maximum absolute atomic E-state index is 4.47. The van der Waals surface area contributed by atoms with Crippen molar-refractivity contribution < 1.29 is 0 Å². The molecule has 7 nitrogen and oxygen atoms in total. The number of aryl methyl sites for hydroxylation is 1. The second kappa shape index (κ2) is 8.73. The number of hydrogen-bond acceptors (Lipinski definition) is 3. The summed E-state index contributed by atoms with van der Waals surface area (Å²) in [4.78, 5) is 11.3. The fourth-order valence-electron chi connectivity index (χ4n) is 3.68. The monoisotopic (exact) mass is 479 g/mol. The third-order valence-electron chi connectivity index (χ3n) is 5.06. The molecule has 3 aromatic rings. The molecule has 1 aliphatic rings. The van der Waals surface area contributed by atoms with Crippen LogP contribution in [0.25, 0.3) is 11.0 Å². The predicted octanol–water partition coefficient (Wildman–Crippen LogP) is 2.45. The number of likely N-dealkylation sites (tertiary alicyclic amines) is 1. The topological polar surface area (TPSA) is 63.3 Å². The number of imidazole rings is 1. The van der Waals surface area contributed by atoms with Crippen molar-refractivity contribution in [3.8, 4) is 0 Å². The summed E-state index contributed by atoms with van der Waals surface area (Å²) in [5.74, 6) is 1.50. The van der Waals surface area contributed by atoms with Crippen molar-refractivity contribution in [1.29, 1.82) is 0 Å². The van der Waals surface area contributed by atoms with Gasteiger partial charge in [-0.3, -0.25) is 9.67 Å². The zero-order valence-electron chi connectivity index (χ0n) is 15.7. The first kappa shape index (κ1) is 19.7. The van der Waals surface area contributed by atoms with E-state index in [-0.39, 0.29) is 24.0 Å². The van der Waals surface area contributed by atoms with Crippen molar-refractivity contribution in [3.63, 3.8) is 0 Å². The fraction of sp³-hybridized carbons (Fsp3) is 0.421. The maximum atomic E-state index is 4.47. The van der Waals surface area contributed by atoms with Gasteiger partial charge in [0.25, 0.3) is 0 Å². The van der Waals surface area contributed by atoms with E-state index in [4.69, 9.17) is 0 Å². The molecule has 3 heterocycles. The first-order valence-corrected chi connectivity index (χ1v) is 9.08. The molecule has 8 heteroatoms. The normalized spacial score (nSPS) is 17.3. The van der Waals surface area contributed by atoms with E-state index in [0.717, 1.165) is 44.1 Å².